The summed E-state index contributed by atoms with van der Waals surface area (Å²) in [4.78, 5) is 8.36. The van der Waals surface area contributed by atoms with Gasteiger partial charge >= 0.3 is 0 Å². The van der Waals surface area contributed by atoms with E-state index in [4.69, 9.17) is 9.90 Å². The summed E-state index contributed by atoms with van der Waals surface area (Å²) in [5.74, 6) is 0. The molecule has 0 saturated heterocycles. The van der Waals surface area contributed by atoms with Crippen molar-refractivity contribution in [3.63, 3.8) is 0 Å². The summed E-state index contributed by atoms with van der Waals surface area (Å²) in [6.45, 7) is 1.85. The van der Waals surface area contributed by atoms with E-state index in [2.05, 4.69) is 6.92 Å². The van der Waals surface area contributed by atoms with E-state index in [1.54, 1.807) is 0 Å². The normalized spacial score (nSPS) is 18.0. The molecular formula is C8H15FO2. The van der Waals surface area contributed by atoms with E-state index in [-0.39, 0.29) is 6.47 Å². The second-order valence-electron chi connectivity index (χ2n) is 2.86. The predicted molar refractivity (Wildman–Crippen MR) is 41.3 cm³/mol. The van der Waals surface area contributed by atoms with Crippen molar-refractivity contribution in [3.8, 4) is 0 Å². The van der Waals surface area contributed by atoms with Gasteiger partial charge in [0, 0.05) is 0 Å². The molecule has 0 spiro atoms. The van der Waals surface area contributed by atoms with Crippen LogP contribution >= 0.6 is 0 Å². The first-order valence-electron chi connectivity index (χ1n) is 3.95. The van der Waals surface area contributed by atoms with E-state index in [9.17, 15) is 4.39 Å². The van der Waals surface area contributed by atoms with Crippen LogP contribution in [-0.2, 0) is 4.79 Å². The molecule has 0 atom stereocenters. The van der Waals surface area contributed by atoms with Crippen molar-refractivity contribution in [2.45, 2.75) is 44.7 Å². The molecule has 3 heteroatoms. The molecule has 0 aromatic rings. The highest BCUT2D eigenvalue weighted by atomic mass is 19.1. The molecule has 1 fully saturated rings. The number of carboxylic acid groups (broad SMARTS) is 1. The highest BCUT2D eigenvalue weighted by molar-refractivity contribution is 5.32. The molecule has 1 N–H and O–H groups in total. The summed E-state index contributed by atoms with van der Waals surface area (Å²) >= 11 is 0. The number of hydrogen-bond acceptors (Lipinski definition) is 1. The summed E-state index contributed by atoms with van der Waals surface area (Å²) in [5.41, 5.74) is -0.698. The number of alkyl halides is 1. The average Bonchev–Trinajstić information content (AvgIpc) is 2.67. The Morgan fingerprint density at radius 2 is 2.09 bits per heavy atom. The topological polar surface area (TPSA) is 37.3 Å². The number of rotatable bonds is 3. The van der Waals surface area contributed by atoms with Crippen molar-refractivity contribution in [1.82, 2.24) is 0 Å². The fourth-order valence-corrected chi connectivity index (χ4v) is 0.879. The number of carbonyl (C=O) groups is 1. The van der Waals surface area contributed by atoms with Gasteiger partial charge in [0.25, 0.3) is 6.47 Å². The maximum Gasteiger partial charge on any atom is 0.290 e. The lowest BCUT2D eigenvalue weighted by molar-refractivity contribution is -0.122. The highest BCUT2D eigenvalue weighted by Gasteiger charge is 2.41. The predicted octanol–water partition coefficient (Wildman–Crippen LogP) is 2.38. The molecule has 0 heterocycles. The molecule has 11 heavy (non-hydrogen) atoms. The molecule has 66 valence electrons. The fourth-order valence-electron chi connectivity index (χ4n) is 0.879. The van der Waals surface area contributed by atoms with Crippen molar-refractivity contribution >= 4 is 6.47 Å². The van der Waals surface area contributed by atoms with Gasteiger partial charge in [-0.2, -0.15) is 0 Å². The molecule has 0 aromatic carbocycles. The van der Waals surface area contributed by atoms with Gasteiger partial charge in [0.2, 0.25) is 0 Å². The summed E-state index contributed by atoms with van der Waals surface area (Å²) in [7, 11) is 0. The smallest absolute Gasteiger partial charge is 0.290 e. The van der Waals surface area contributed by atoms with Gasteiger partial charge in [-0.15, -0.1) is 0 Å². The lowest BCUT2D eigenvalue weighted by Crippen LogP contribution is -1.96. The van der Waals surface area contributed by atoms with E-state index in [0.717, 1.165) is 32.1 Å². The van der Waals surface area contributed by atoms with E-state index in [0.29, 0.717) is 0 Å². The van der Waals surface area contributed by atoms with Gasteiger partial charge in [-0.3, -0.25) is 4.79 Å². The van der Waals surface area contributed by atoms with Crippen LogP contribution in [0.2, 0.25) is 0 Å². The first kappa shape index (κ1) is 10.4. The minimum Gasteiger partial charge on any atom is -0.483 e. The fraction of sp³-hybridized carbons (Fsp3) is 0.875. The first-order chi connectivity index (χ1) is 5.18. The van der Waals surface area contributed by atoms with Crippen LogP contribution in [0.15, 0.2) is 0 Å². The summed E-state index contributed by atoms with van der Waals surface area (Å²) < 4.78 is 12.7. The van der Waals surface area contributed by atoms with Crippen LogP contribution in [0.1, 0.15) is 39.0 Å². The van der Waals surface area contributed by atoms with Gasteiger partial charge in [-0.25, -0.2) is 4.39 Å². The lowest BCUT2D eigenvalue weighted by atomic mass is 10.2. The Morgan fingerprint density at radius 3 is 2.36 bits per heavy atom. The van der Waals surface area contributed by atoms with E-state index < -0.39 is 5.67 Å². The molecule has 0 aliphatic heterocycles. The Morgan fingerprint density at radius 1 is 1.64 bits per heavy atom. The Hall–Kier alpha value is -0.600. The van der Waals surface area contributed by atoms with Crippen LogP contribution in [0.25, 0.3) is 0 Å². The zero-order chi connectivity index (χ0) is 8.74. The standard InChI is InChI=1S/C7H13F.CH2O2/c1-2-3-4-7(8)5-6-7;2-1-3/h2-6H2,1H3;1H,(H,2,3). The molecule has 0 amide bonds. The van der Waals surface area contributed by atoms with Gasteiger partial charge < -0.3 is 5.11 Å². The van der Waals surface area contributed by atoms with Gasteiger partial charge in [-0.1, -0.05) is 19.8 Å². The zero-order valence-electron chi connectivity index (χ0n) is 6.85. The van der Waals surface area contributed by atoms with Crippen LogP contribution in [0.5, 0.6) is 0 Å². The molecule has 0 radical (unpaired) electrons. The highest BCUT2D eigenvalue weighted by Crippen LogP contribution is 2.43. The first-order valence-corrected chi connectivity index (χ1v) is 3.95. The summed E-state index contributed by atoms with van der Waals surface area (Å²) in [6, 6.07) is 0. The Balaban J connectivity index is 0.000000292. The van der Waals surface area contributed by atoms with Crippen LogP contribution < -0.4 is 0 Å². The van der Waals surface area contributed by atoms with Crippen molar-refractivity contribution in [2.24, 2.45) is 0 Å². The molecule has 1 rings (SSSR count). The summed E-state index contributed by atoms with van der Waals surface area (Å²) in [6.07, 6.45) is 4.66. The molecule has 1 aliphatic rings. The molecular weight excluding hydrogens is 147 g/mol. The van der Waals surface area contributed by atoms with Gasteiger partial charge in [0.05, 0.1) is 0 Å². The molecule has 0 unspecified atom stereocenters. The zero-order valence-corrected chi connectivity index (χ0v) is 6.85. The minimum atomic E-state index is -0.698. The van der Waals surface area contributed by atoms with E-state index >= 15 is 0 Å². The quantitative estimate of drug-likeness (QED) is 0.647. The van der Waals surface area contributed by atoms with Gasteiger partial charge in [0.15, 0.2) is 0 Å². The van der Waals surface area contributed by atoms with Crippen LogP contribution in [0.3, 0.4) is 0 Å². The second-order valence-corrected chi connectivity index (χ2v) is 2.86. The van der Waals surface area contributed by atoms with Crippen molar-refractivity contribution in [2.75, 3.05) is 0 Å². The summed E-state index contributed by atoms with van der Waals surface area (Å²) in [5, 5.41) is 6.89. The molecule has 1 aliphatic carbocycles. The third kappa shape index (κ3) is 5.83. The van der Waals surface area contributed by atoms with Crippen molar-refractivity contribution < 1.29 is 14.3 Å². The van der Waals surface area contributed by atoms with Crippen LogP contribution in [-0.4, -0.2) is 17.2 Å². The van der Waals surface area contributed by atoms with Crippen molar-refractivity contribution in [3.05, 3.63) is 0 Å². The van der Waals surface area contributed by atoms with Gasteiger partial charge in [0.1, 0.15) is 5.67 Å². The number of hydrogen-bond donors (Lipinski definition) is 1. The SMILES string of the molecule is CCCCC1(F)CC1.O=CO. The number of halogens is 1. The van der Waals surface area contributed by atoms with Crippen LogP contribution in [0, 0.1) is 0 Å². The second kappa shape index (κ2) is 5.10. The van der Waals surface area contributed by atoms with E-state index in [1.165, 1.54) is 0 Å². The Kier molecular flexibility index (Phi) is 4.83. The third-order valence-electron chi connectivity index (χ3n) is 1.77. The van der Waals surface area contributed by atoms with Crippen molar-refractivity contribution in [1.29, 1.82) is 0 Å². The maximum absolute atomic E-state index is 12.7. The largest absolute Gasteiger partial charge is 0.483 e. The average molecular weight is 162 g/mol. The minimum absolute atomic E-state index is 0.250. The maximum atomic E-state index is 12.7. The molecule has 0 aromatic heterocycles. The Labute approximate surface area is 66.4 Å². The Bertz CT molecular complexity index is 111. The van der Waals surface area contributed by atoms with Gasteiger partial charge in [-0.05, 0) is 19.3 Å². The number of unbranched alkanes of at least 4 members (excludes halogenated alkanes) is 1. The molecule has 2 nitrogen and oxygen atoms in total. The van der Waals surface area contributed by atoms with E-state index in [1.807, 2.05) is 0 Å². The third-order valence-corrected chi connectivity index (χ3v) is 1.77. The van der Waals surface area contributed by atoms with Crippen LogP contribution in [0.4, 0.5) is 4.39 Å². The molecule has 1 saturated carbocycles. The molecule has 0 bridgehead atoms. The monoisotopic (exact) mass is 162 g/mol. The lowest BCUT2D eigenvalue weighted by Gasteiger charge is -1.99.